The zero-order chi connectivity index (χ0) is 25.1. The second-order valence-corrected chi connectivity index (χ2v) is 9.15. The van der Waals surface area contributed by atoms with Crippen LogP contribution in [-0.2, 0) is 4.74 Å². The summed E-state index contributed by atoms with van der Waals surface area (Å²) in [6.07, 6.45) is -2.64. The van der Waals surface area contributed by atoms with E-state index >= 15 is 0 Å². The summed E-state index contributed by atoms with van der Waals surface area (Å²) in [6, 6.07) is 6.20. The Balaban J connectivity index is 1.29. The van der Waals surface area contributed by atoms with E-state index in [0.717, 1.165) is 25.7 Å². The zero-order valence-electron chi connectivity index (χ0n) is 19.0. The number of imide groups is 1. The van der Waals surface area contributed by atoms with E-state index in [1.54, 1.807) is 12.1 Å². The number of carbonyl (C=O) groups is 2. The Morgan fingerprint density at radius 1 is 1.06 bits per heavy atom. The average molecular weight is 496 g/mol. The van der Waals surface area contributed by atoms with Gasteiger partial charge in [0.05, 0.1) is 17.5 Å². The number of nitrogens with zero attached hydrogens (tertiary/aromatic N) is 5. The Labute approximate surface area is 204 Å². The molecule has 36 heavy (non-hydrogen) atoms. The Bertz CT molecular complexity index is 1320. The number of fused-ring (bicyclic) bond motifs is 2. The van der Waals surface area contributed by atoms with Gasteiger partial charge in [0, 0.05) is 0 Å². The van der Waals surface area contributed by atoms with Crippen LogP contribution < -0.4 is 10.5 Å². The summed E-state index contributed by atoms with van der Waals surface area (Å²) in [5.41, 5.74) is 6.76. The normalized spacial score (nSPS) is 27.2. The van der Waals surface area contributed by atoms with Crippen LogP contribution in [0.1, 0.15) is 52.6 Å². The summed E-state index contributed by atoms with van der Waals surface area (Å²) < 4.78 is 13.0. The third-order valence-corrected chi connectivity index (χ3v) is 6.94. The van der Waals surface area contributed by atoms with Crippen LogP contribution in [-0.4, -0.2) is 82.2 Å². The van der Waals surface area contributed by atoms with Gasteiger partial charge in [-0.15, -0.1) is 0 Å². The van der Waals surface area contributed by atoms with E-state index in [1.165, 1.54) is 23.0 Å². The molecule has 188 valence electrons. The third-order valence-electron chi connectivity index (χ3n) is 6.94. The Morgan fingerprint density at radius 3 is 2.39 bits per heavy atom. The molecule has 5 N–H and O–H groups in total. The van der Waals surface area contributed by atoms with Crippen LogP contribution >= 0.6 is 0 Å². The van der Waals surface area contributed by atoms with Crippen molar-refractivity contribution in [3.05, 3.63) is 41.7 Å². The van der Waals surface area contributed by atoms with Gasteiger partial charge in [-0.25, -0.2) is 9.88 Å². The van der Waals surface area contributed by atoms with Crippen LogP contribution in [0, 0.1) is 0 Å². The number of hydrogen-bond donors (Lipinski definition) is 4. The summed E-state index contributed by atoms with van der Waals surface area (Å²) in [5.74, 6) is -1.37. The van der Waals surface area contributed by atoms with Crippen molar-refractivity contribution >= 4 is 28.8 Å². The maximum atomic E-state index is 12.8. The highest BCUT2D eigenvalue weighted by Crippen LogP contribution is 2.36. The number of benzene rings is 1. The van der Waals surface area contributed by atoms with Crippen LogP contribution in [0.3, 0.4) is 0 Å². The van der Waals surface area contributed by atoms with Crippen molar-refractivity contribution in [2.24, 2.45) is 0 Å². The van der Waals surface area contributed by atoms with Crippen molar-refractivity contribution < 1.29 is 34.4 Å². The minimum absolute atomic E-state index is 0.0208. The molecule has 1 saturated carbocycles. The summed E-state index contributed by atoms with van der Waals surface area (Å²) in [7, 11) is 0. The number of hydrogen-bond acceptors (Lipinski definition) is 11. The molecule has 2 aliphatic heterocycles. The fraction of sp³-hybridized carbons (Fsp3) is 0.435. The molecule has 4 heterocycles. The second kappa shape index (κ2) is 8.48. The quantitative estimate of drug-likeness (QED) is 0.347. The highest BCUT2D eigenvalue weighted by molar-refractivity contribution is 6.21. The lowest BCUT2D eigenvalue weighted by atomic mass is 10.1. The number of imidazole rings is 1. The Kier molecular flexibility index (Phi) is 5.37. The van der Waals surface area contributed by atoms with E-state index in [0.29, 0.717) is 4.90 Å². The highest BCUT2D eigenvalue weighted by Gasteiger charge is 2.52. The molecule has 0 radical (unpaired) electrons. The van der Waals surface area contributed by atoms with Crippen molar-refractivity contribution in [2.45, 2.75) is 62.6 Å². The Hall–Kier alpha value is -3.65. The minimum atomic E-state index is -1.86. The van der Waals surface area contributed by atoms with E-state index in [-0.39, 0.29) is 40.2 Å². The number of aromatic nitrogens is 4. The van der Waals surface area contributed by atoms with Gasteiger partial charge in [0.1, 0.15) is 24.4 Å². The molecule has 3 aliphatic rings. The summed E-state index contributed by atoms with van der Waals surface area (Å²) in [6.45, 7) is 0. The largest absolute Gasteiger partial charge is 0.460 e. The fourth-order valence-electron chi connectivity index (χ4n) is 5.07. The molecular weight excluding hydrogens is 472 g/mol. The lowest BCUT2D eigenvalue weighted by Crippen LogP contribution is -2.51. The molecular formula is C23H24N6O7. The summed E-state index contributed by atoms with van der Waals surface area (Å²) in [4.78, 5) is 38.9. The number of amides is 2. The number of carbonyl (C=O) groups excluding carboxylic acids is 2. The summed E-state index contributed by atoms with van der Waals surface area (Å²) in [5, 5.41) is 32.4. The first-order valence-electron chi connectivity index (χ1n) is 11.7. The molecule has 13 nitrogen and oxygen atoms in total. The molecule has 6 rings (SSSR count). The molecule has 2 fully saturated rings. The lowest BCUT2D eigenvalue weighted by Gasteiger charge is -2.27. The van der Waals surface area contributed by atoms with Gasteiger partial charge in [0.25, 0.3) is 11.8 Å². The van der Waals surface area contributed by atoms with Crippen molar-refractivity contribution in [1.29, 1.82) is 0 Å². The predicted octanol–water partition coefficient (Wildman–Crippen LogP) is -0.0363. The van der Waals surface area contributed by atoms with Crippen LogP contribution in [0.5, 0.6) is 6.01 Å². The standard InChI is InChI=1S/C23H24N6O7/c24-17-13-18(27-23(26-17)35-10-5-1-2-6-10)28(9-25-13)22-15(31)14(30)16(36-22)21(34)29-19(32)11-7-3-4-8-12(11)20(29)33/h3-4,7-10,14-16,21-22,30-31,34H,1-2,5-6H2,(H2,24,26,27)/t14-,15+,16-,21?,22+/m0/s1. The van der Waals surface area contributed by atoms with E-state index in [9.17, 15) is 24.9 Å². The SMILES string of the molecule is Nc1nc(OC2CCCC2)nc2c1ncn2[C@@H]1O[C@H](C(O)N2C(=O)c3ccccc3C2=O)[C@@H](O)[C@H]1O. The van der Waals surface area contributed by atoms with Gasteiger partial charge in [0.15, 0.2) is 29.4 Å². The third kappa shape index (κ3) is 3.43. The van der Waals surface area contributed by atoms with Gasteiger partial charge in [-0.2, -0.15) is 9.97 Å². The zero-order valence-corrected chi connectivity index (χ0v) is 19.0. The first-order chi connectivity index (χ1) is 17.3. The van der Waals surface area contributed by atoms with Crippen LogP contribution in [0.4, 0.5) is 5.82 Å². The van der Waals surface area contributed by atoms with Gasteiger partial charge >= 0.3 is 6.01 Å². The van der Waals surface area contributed by atoms with Gasteiger partial charge in [-0.05, 0) is 37.8 Å². The molecule has 2 aromatic heterocycles. The van der Waals surface area contributed by atoms with Crippen LogP contribution in [0.2, 0.25) is 0 Å². The van der Waals surface area contributed by atoms with Gasteiger partial charge in [-0.1, -0.05) is 12.1 Å². The van der Waals surface area contributed by atoms with Crippen molar-refractivity contribution in [2.75, 3.05) is 5.73 Å². The molecule has 13 heteroatoms. The Morgan fingerprint density at radius 2 is 1.72 bits per heavy atom. The van der Waals surface area contributed by atoms with E-state index < -0.39 is 42.6 Å². The number of anilines is 1. The van der Waals surface area contributed by atoms with Crippen molar-refractivity contribution in [3.63, 3.8) is 0 Å². The molecule has 1 aliphatic carbocycles. The average Bonchev–Trinajstić information content (AvgIpc) is 3.63. The maximum Gasteiger partial charge on any atom is 0.320 e. The van der Waals surface area contributed by atoms with E-state index in [4.69, 9.17) is 15.2 Å². The van der Waals surface area contributed by atoms with Crippen LogP contribution in [0.25, 0.3) is 11.2 Å². The van der Waals surface area contributed by atoms with Gasteiger partial charge in [0.2, 0.25) is 0 Å². The molecule has 1 unspecified atom stereocenters. The molecule has 1 saturated heterocycles. The number of nitrogens with two attached hydrogens (primary N) is 1. The van der Waals surface area contributed by atoms with Crippen LogP contribution in [0.15, 0.2) is 30.6 Å². The van der Waals surface area contributed by atoms with E-state index in [2.05, 4.69) is 15.0 Å². The number of ether oxygens (including phenoxy) is 2. The molecule has 0 bridgehead atoms. The smallest absolute Gasteiger partial charge is 0.320 e. The molecule has 1 aromatic carbocycles. The lowest BCUT2D eigenvalue weighted by molar-refractivity contribution is -0.117. The molecule has 3 aromatic rings. The number of aliphatic hydroxyl groups excluding tert-OH is 3. The number of nitrogen functional groups attached to an aromatic ring is 1. The molecule has 5 atom stereocenters. The molecule has 0 spiro atoms. The second-order valence-electron chi connectivity index (χ2n) is 9.15. The summed E-state index contributed by atoms with van der Waals surface area (Å²) >= 11 is 0. The van der Waals surface area contributed by atoms with Crippen molar-refractivity contribution in [1.82, 2.24) is 24.4 Å². The minimum Gasteiger partial charge on any atom is -0.460 e. The van der Waals surface area contributed by atoms with E-state index in [1.807, 2.05) is 0 Å². The first kappa shape index (κ1) is 22.8. The topological polar surface area (TPSA) is 186 Å². The maximum absolute atomic E-state index is 12.8. The van der Waals surface area contributed by atoms with Gasteiger partial charge < -0.3 is 30.5 Å². The van der Waals surface area contributed by atoms with Crippen molar-refractivity contribution in [3.8, 4) is 6.01 Å². The predicted molar refractivity (Wildman–Crippen MR) is 121 cm³/mol. The first-order valence-corrected chi connectivity index (χ1v) is 11.7. The molecule has 2 amide bonds. The number of rotatable bonds is 5. The monoisotopic (exact) mass is 496 g/mol. The number of aliphatic hydroxyl groups is 3. The highest BCUT2D eigenvalue weighted by atomic mass is 16.6. The van der Waals surface area contributed by atoms with Gasteiger partial charge in [-0.3, -0.25) is 14.2 Å². The fourth-order valence-corrected chi connectivity index (χ4v) is 5.07.